The maximum atomic E-state index is 6.19. The summed E-state index contributed by atoms with van der Waals surface area (Å²) in [5, 5.41) is 0. The first-order chi connectivity index (χ1) is 6.38. The monoisotopic (exact) mass is 180 g/mol. The Morgan fingerprint density at radius 1 is 0.923 bits per heavy atom. The summed E-state index contributed by atoms with van der Waals surface area (Å²) in [6.45, 7) is 1.09. The lowest BCUT2D eigenvalue weighted by atomic mass is 9.81. The Labute approximate surface area is 80.8 Å². The summed E-state index contributed by atoms with van der Waals surface area (Å²) in [5.41, 5.74) is 0.353. The summed E-state index contributed by atoms with van der Waals surface area (Å²) in [7, 11) is 0. The lowest BCUT2D eigenvalue weighted by molar-refractivity contribution is -0.0735. The summed E-state index contributed by atoms with van der Waals surface area (Å²) in [5.74, 6) is 2.02. The van der Waals surface area contributed by atoms with Gasteiger partial charge >= 0.3 is 0 Å². The number of ether oxygens (including phenoxy) is 1. The second kappa shape index (κ2) is 2.98. The molecule has 1 spiro atoms. The minimum Gasteiger partial charge on any atom is -0.375 e. The number of hydrogen-bond donors (Lipinski definition) is 0. The molecular weight excluding hydrogens is 160 g/mol. The third-order valence-electron chi connectivity index (χ3n) is 4.41. The van der Waals surface area contributed by atoms with Crippen LogP contribution < -0.4 is 0 Å². The predicted molar refractivity (Wildman–Crippen MR) is 52.6 cm³/mol. The SMILES string of the molecule is C1CCC2(CC1)CC[C@H]1C[C@H]1CO2. The van der Waals surface area contributed by atoms with Gasteiger partial charge in [-0.3, -0.25) is 0 Å². The molecule has 3 aliphatic rings. The van der Waals surface area contributed by atoms with E-state index in [0.29, 0.717) is 5.60 Å². The molecule has 0 N–H and O–H groups in total. The van der Waals surface area contributed by atoms with E-state index in [1.807, 2.05) is 0 Å². The van der Waals surface area contributed by atoms with E-state index in [1.54, 1.807) is 0 Å². The zero-order valence-electron chi connectivity index (χ0n) is 8.43. The van der Waals surface area contributed by atoms with Crippen molar-refractivity contribution in [1.29, 1.82) is 0 Å². The van der Waals surface area contributed by atoms with Crippen LogP contribution in [0.25, 0.3) is 0 Å². The molecule has 2 saturated carbocycles. The molecule has 1 nitrogen and oxygen atoms in total. The molecule has 1 heteroatoms. The van der Waals surface area contributed by atoms with Gasteiger partial charge in [-0.15, -0.1) is 0 Å². The van der Waals surface area contributed by atoms with Crippen LogP contribution in [0.5, 0.6) is 0 Å². The molecule has 3 fully saturated rings. The maximum absolute atomic E-state index is 6.19. The van der Waals surface area contributed by atoms with Crippen molar-refractivity contribution in [1.82, 2.24) is 0 Å². The van der Waals surface area contributed by atoms with Crippen LogP contribution >= 0.6 is 0 Å². The first-order valence-corrected chi connectivity index (χ1v) is 6.02. The molecule has 1 saturated heterocycles. The highest BCUT2D eigenvalue weighted by Gasteiger charge is 2.45. The largest absolute Gasteiger partial charge is 0.375 e. The van der Waals surface area contributed by atoms with Gasteiger partial charge in [0.2, 0.25) is 0 Å². The molecule has 0 amide bonds. The van der Waals surface area contributed by atoms with Crippen molar-refractivity contribution >= 4 is 0 Å². The molecule has 3 rings (SSSR count). The molecule has 0 unspecified atom stereocenters. The van der Waals surface area contributed by atoms with Crippen molar-refractivity contribution in [2.45, 2.75) is 57.0 Å². The summed E-state index contributed by atoms with van der Waals surface area (Å²) in [6.07, 6.45) is 11.3. The molecule has 0 bridgehead atoms. The molecule has 1 aliphatic heterocycles. The van der Waals surface area contributed by atoms with Crippen LogP contribution in [0.15, 0.2) is 0 Å². The van der Waals surface area contributed by atoms with E-state index in [4.69, 9.17) is 4.74 Å². The molecule has 0 aromatic heterocycles. The van der Waals surface area contributed by atoms with Crippen LogP contribution in [0.1, 0.15) is 51.4 Å². The van der Waals surface area contributed by atoms with Crippen LogP contribution in [-0.2, 0) is 4.74 Å². The lowest BCUT2D eigenvalue weighted by Gasteiger charge is -2.36. The lowest BCUT2D eigenvalue weighted by Crippen LogP contribution is -2.34. The number of rotatable bonds is 0. The van der Waals surface area contributed by atoms with E-state index in [-0.39, 0.29) is 0 Å². The molecule has 0 aromatic rings. The molecule has 0 radical (unpaired) electrons. The van der Waals surface area contributed by atoms with Gasteiger partial charge in [-0.25, -0.2) is 0 Å². The average molecular weight is 180 g/mol. The van der Waals surface area contributed by atoms with Crippen molar-refractivity contribution in [2.24, 2.45) is 11.8 Å². The van der Waals surface area contributed by atoms with Crippen LogP contribution in [0.4, 0.5) is 0 Å². The Morgan fingerprint density at radius 3 is 2.62 bits per heavy atom. The van der Waals surface area contributed by atoms with E-state index in [2.05, 4.69) is 0 Å². The Hall–Kier alpha value is -0.0400. The molecule has 74 valence electrons. The van der Waals surface area contributed by atoms with Gasteiger partial charge in [0, 0.05) is 0 Å². The highest BCUT2D eigenvalue weighted by Crippen LogP contribution is 2.49. The summed E-state index contributed by atoms with van der Waals surface area (Å²) in [4.78, 5) is 0. The third-order valence-corrected chi connectivity index (χ3v) is 4.41. The van der Waals surface area contributed by atoms with Gasteiger partial charge in [-0.2, -0.15) is 0 Å². The zero-order valence-corrected chi connectivity index (χ0v) is 8.43. The Kier molecular flexibility index (Phi) is 1.90. The fourth-order valence-electron chi connectivity index (χ4n) is 3.26. The Bertz CT molecular complexity index is 179. The van der Waals surface area contributed by atoms with Gasteiger partial charge in [0.1, 0.15) is 0 Å². The van der Waals surface area contributed by atoms with E-state index >= 15 is 0 Å². The van der Waals surface area contributed by atoms with E-state index in [0.717, 1.165) is 18.4 Å². The van der Waals surface area contributed by atoms with Crippen LogP contribution in [-0.4, -0.2) is 12.2 Å². The second-order valence-electron chi connectivity index (χ2n) is 5.35. The van der Waals surface area contributed by atoms with Crippen molar-refractivity contribution < 1.29 is 4.74 Å². The van der Waals surface area contributed by atoms with Gasteiger partial charge in [0.05, 0.1) is 12.2 Å². The van der Waals surface area contributed by atoms with Crippen molar-refractivity contribution in [3.8, 4) is 0 Å². The molecule has 1 heterocycles. The van der Waals surface area contributed by atoms with Crippen molar-refractivity contribution in [3.05, 3.63) is 0 Å². The van der Waals surface area contributed by atoms with Crippen LogP contribution in [0.3, 0.4) is 0 Å². The molecule has 0 aromatic carbocycles. The van der Waals surface area contributed by atoms with E-state index in [9.17, 15) is 0 Å². The normalized spacial score (nSPS) is 42.5. The first-order valence-electron chi connectivity index (χ1n) is 6.02. The van der Waals surface area contributed by atoms with Crippen LogP contribution in [0.2, 0.25) is 0 Å². The van der Waals surface area contributed by atoms with Crippen molar-refractivity contribution in [3.63, 3.8) is 0 Å². The fourth-order valence-corrected chi connectivity index (χ4v) is 3.26. The second-order valence-corrected chi connectivity index (χ2v) is 5.35. The fraction of sp³-hybridized carbons (Fsp3) is 1.00. The first kappa shape index (κ1) is 8.28. The van der Waals surface area contributed by atoms with Gasteiger partial charge in [0.25, 0.3) is 0 Å². The van der Waals surface area contributed by atoms with E-state index < -0.39 is 0 Å². The van der Waals surface area contributed by atoms with Crippen molar-refractivity contribution in [2.75, 3.05) is 6.61 Å². The highest BCUT2D eigenvalue weighted by molar-refractivity contribution is 4.95. The Balaban J connectivity index is 1.68. The minimum absolute atomic E-state index is 0.353. The molecule has 2 atom stereocenters. The predicted octanol–water partition coefficient (Wildman–Crippen LogP) is 3.14. The average Bonchev–Trinajstić information content (AvgIpc) is 2.92. The zero-order chi connectivity index (χ0) is 8.73. The number of fused-ring (bicyclic) bond motifs is 1. The maximum Gasteiger partial charge on any atom is 0.0682 e. The molecule has 2 aliphatic carbocycles. The smallest absolute Gasteiger partial charge is 0.0682 e. The minimum atomic E-state index is 0.353. The Morgan fingerprint density at radius 2 is 1.77 bits per heavy atom. The van der Waals surface area contributed by atoms with Gasteiger partial charge < -0.3 is 4.74 Å². The summed E-state index contributed by atoms with van der Waals surface area (Å²) < 4.78 is 6.19. The van der Waals surface area contributed by atoms with Crippen LogP contribution in [0, 0.1) is 11.8 Å². The third kappa shape index (κ3) is 1.52. The quantitative estimate of drug-likeness (QED) is 0.556. The van der Waals surface area contributed by atoms with Gasteiger partial charge in [-0.05, 0) is 43.9 Å². The standard InChI is InChI=1S/C12H20O/c1-2-5-12(6-3-1)7-4-10-8-11(10)9-13-12/h10-11H,1-9H2/t10-,11-/m0/s1. The molecule has 13 heavy (non-hydrogen) atoms. The van der Waals surface area contributed by atoms with Gasteiger partial charge in [-0.1, -0.05) is 19.3 Å². The highest BCUT2D eigenvalue weighted by atomic mass is 16.5. The summed E-state index contributed by atoms with van der Waals surface area (Å²) in [6, 6.07) is 0. The topological polar surface area (TPSA) is 9.23 Å². The van der Waals surface area contributed by atoms with E-state index in [1.165, 1.54) is 51.4 Å². The van der Waals surface area contributed by atoms with Gasteiger partial charge in [0.15, 0.2) is 0 Å². The number of hydrogen-bond acceptors (Lipinski definition) is 1. The molecular formula is C12H20O. The summed E-state index contributed by atoms with van der Waals surface area (Å²) >= 11 is 0.